The van der Waals surface area contributed by atoms with Crippen LogP contribution in [0.15, 0.2) is 11.6 Å². The van der Waals surface area contributed by atoms with Crippen LogP contribution >= 0.6 is 0 Å². The molecule has 6 nitrogen and oxygen atoms in total. The number of hydrogen-bond acceptors (Lipinski definition) is 6. The Morgan fingerprint density at radius 2 is 1.67 bits per heavy atom. The van der Waals surface area contributed by atoms with Crippen LogP contribution in [0.5, 0.6) is 0 Å². The second-order valence-corrected chi connectivity index (χ2v) is 12.6. The third kappa shape index (κ3) is 5.11. The lowest BCUT2D eigenvalue weighted by Gasteiger charge is -2.59. The summed E-state index contributed by atoms with van der Waals surface area (Å²) in [6.45, 7) is 12.3. The fourth-order valence-electron chi connectivity index (χ4n) is 9.03. The van der Waals surface area contributed by atoms with E-state index in [1.807, 2.05) is 0 Å². The van der Waals surface area contributed by atoms with E-state index in [1.165, 1.54) is 45.6 Å². The maximum absolute atomic E-state index is 12.2. The first-order valence-corrected chi connectivity index (χ1v) is 14.1. The zero-order chi connectivity index (χ0) is 26.3. The Hall–Kier alpha value is -1.85. The van der Waals surface area contributed by atoms with Gasteiger partial charge in [-0.1, -0.05) is 26.3 Å². The van der Waals surface area contributed by atoms with Crippen molar-refractivity contribution < 1.29 is 28.6 Å². The van der Waals surface area contributed by atoms with Gasteiger partial charge in [0.2, 0.25) is 0 Å². The van der Waals surface area contributed by atoms with E-state index in [9.17, 15) is 14.4 Å². The van der Waals surface area contributed by atoms with E-state index in [0.717, 1.165) is 38.5 Å². The van der Waals surface area contributed by atoms with E-state index >= 15 is 0 Å². The predicted octanol–water partition coefficient (Wildman–Crippen LogP) is 6.02. The third-order valence-corrected chi connectivity index (χ3v) is 10.6. The summed E-state index contributed by atoms with van der Waals surface area (Å²) in [5.41, 5.74) is 1.63. The van der Waals surface area contributed by atoms with Gasteiger partial charge in [-0.05, 0) is 91.9 Å². The summed E-state index contributed by atoms with van der Waals surface area (Å²) in [7, 11) is 0. The molecule has 0 saturated heterocycles. The minimum atomic E-state index is -0.221. The standard InChI is InChI=1S/C30H46O6/c1-18(8-7-15-34-19(2)31)24-9-10-25-28-26(12-14-30(24,25)6)29(5)13-11-23(35-20(3)32)16-22(29)17-27(28)36-21(4)33/h17-18,23-28H,7-16H2,1-6H3/t18-,23+,24-,25+,26+,27+,28+,29+,30-/m1/s1. The zero-order valence-electron chi connectivity index (χ0n) is 23.1. The molecule has 0 aromatic heterocycles. The van der Waals surface area contributed by atoms with Gasteiger partial charge in [-0.15, -0.1) is 0 Å². The first kappa shape index (κ1) is 27.2. The van der Waals surface area contributed by atoms with Gasteiger partial charge in [0.15, 0.2) is 0 Å². The smallest absolute Gasteiger partial charge is 0.303 e. The number of ether oxygens (including phenoxy) is 3. The SMILES string of the molecule is CC(=O)OCCC[C@@H](C)[C@H]1CC[C@H]2[C@@H]3[C@@H](OC(C)=O)C=C4C[C@@H](OC(C)=O)CC[C@]4(C)[C@H]3CC[C@]12C. The molecule has 4 aliphatic carbocycles. The van der Waals surface area contributed by atoms with Gasteiger partial charge in [0.25, 0.3) is 0 Å². The Labute approximate surface area is 216 Å². The highest BCUT2D eigenvalue weighted by atomic mass is 16.5. The van der Waals surface area contributed by atoms with Crippen molar-refractivity contribution in [3.05, 3.63) is 11.6 Å². The van der Waals surface area contributed by atoms with Crippen LogP contribution in [0.1, 0.15) is 99.3 Å². The first-order valence-electron chi connectivity index (χ1n) is 14.1. The molecule has 0 unspecified atom stereocenters. The van der Waals surface area contributed by atoms with Crippen LogP contribution in [0.2, 0.25) is 0 Å². The molecule has 0 spiro atoms. The molecule has 0 bridgehead atoms. The zero-order valence-corrected chi connectivity index (χ0v) is 23.1. The largest absolute Gasteiger partial charge is 0.466 e. The number of fused-ring (bicyclic) bond motifs is 5. The Kier molecular flexibility index (Phi) is 7.92. The lowest BCUT2D eigenvalue weighted by Crippen LogP contribution is -2.55. The third-order valence-electron chi connectivity index (χ3n) is 10.6. The van der Waals surface area contributed by atoms with Gasteiger partial charge >= 0.3 is 17.9 Å². The molecule has 4 aliphatic rings. The molecule has 0 radical (unpaired) electrons. The summed E-state index contributed by atoms with van der Waals surface area (Å²) in [6.07, 6.45) is 11.4. The van der Waals surface area contributed by atoms with Gasteiger partial charge in [-0.3, -0.25) is 14.4 Å². The first-order chi connectivity index (χ1) is 17.0. The van der Waals surface area contributed by atoms with Crippen molar-refractivity contribution in [3.63, 3.8) is 0 Å². The van der Waals surface area contributed by atoms with Gasteiger partial charge < -0.3 is 14.2 Å². The average molecular weight is 503 g/mol. The quantitative estimate of drug-likeness (QED) is 0.183. The van der Waals surface area contributed by atoms with Crippen molar-refractivity contribution in [2.24, 2.45) is 40.4 Å². The van der Waals surface area contributed by atoms with Crippen molar-refractivity contribution in [3.8, 4) is 0 Å². The van der Waals surface area contributed by atoms with Crippen molar-refractivity contribution >= 4 is 17.9 Å². The summed E-state index contributed by atoms with van der Waals surface area (Å²) in [6, 6.07) is 0. The molecule has 0 heterocycles. The molecule has 0 amide bonds. The van der Waals surface area contributed by atoms with Crippen LogP contribution in [0.4, 0.5) is 0 Å². The van der Waals surface area contributed by atoms with E-state index in [2.05, 4.69) is 26.8 Å². The Bertz CT molecular complexity index is 894. The lowest BCUT2D eigenvalue weighted by molar-refractivity contribution is -0.159. The minimum Gasteiger partial charge on any atom is -0.466 e. The highest BCUT2D eigenvalue weighted by molar-refractivity contribution is 5.67. The molecule has 0 aromatic carbocycles. The number of carbonyl (C=O) groups excluding carboxylic acids is 3. The van der Waals surface area contributed by atoms with Gasteiger partial charge in [0, 0.05) is 33.1 Å². The van der Waals surface area contributed by atoms with Crippen LogP contribution in [0, 0.1) is 40.4 Å². The van der Waals surface area contributed by atoms with Crippen molar-refractivity contribution in [1.29, 1.82) is 0 Å². The van der Waals surface area contributed by atoms with Gasteiger partial charge in [0.05, 0.1) is 6.61 Å². The molecular formula is C30H46O6. The molecule has 4 rings (SSSR count). The fraction of sp³-hybridized carbons (Fsp3) is 0.833. The van der Waals surface area contributed by atoms with Crippen LogP contribution in [0.3, 0.4) is 0 Å². The summed E-state index contributed by atoms with van der Waals surface area (Å²) < 4.78 is 16.8. The molecule has 0 aliphatic heterocycles. The predicted molar refractivity (Wildman–Crippen MR) is 137 cm³/mol. The second-order valence-electron chi connectivity index (χ2n) is 12.6. The van der Waals surface area contributed by atoms with Crippen LogP contribution in [0.25, 0.3) is 0 Å². The molecule has 0 aromatic rings. The Balaban J connectivity index is 1.56. The van der Waals surface area contributed by atoms with E-state index in [0.29, 0.717) is 36.2 Å². The molecule has 3 saturated carbocycles. The van der Waals surface area contributed by atoms with Crippen LogP contribution < -0.4 is 0 Å². The van der Waals surface area contributed by atoms with Crippen LogP contribution in [-0.2, 0) is 28.6 Å². The molecule has 0 N–H and O–H groups in total. The normalized spacial score (nSPS) is 40.1. The van der Waals surface area contributed by atoms with E-state index < -0.39 is 0 Å². The van der Waals surface area contributed by atoms with E-state index in [-0.39, 0.29) is 40.9 Å². The number of carbonyl (C=O) groups is 3. The maximum atomic E-state index is 12.2. The van der Waals surface area contributed by atoms with Crippen molar-refractivity contribution in [1.82, 2.24) is 0 Å². The van der Waals surface area contributed by atoms with Crippen molar-refractivity contribution in [2.45, 2.75) is 112 Å². The lowest BCUT2D eigenvalue weighted by atomic mass is 9.46. The van der Waals surface area contributed by atoms with Gasteiger partial charge in [-0.25, -0.2) is 0 Å². The Morgan fingerprint density at radius 1 is 0.944 bits per heavy atom. The number of hydrogen-bond donors (Lipinski definition) is 0. The minimum absolute atomic E-state index is 0.0751. The topological polar surface area (TPSA) is 78.9 Å². The highest BCUT2D eigenvalue weighted by Gasteiger charge is 2.62. The summed E-state index contributed by atoms with van der Waals surface area (Å²) in [5.74, 6) is 1.92. The molecular weight excluding hydrogens is 456 g/mol. The summed E-state index contributed by atoms with van der Waals surface area (Å²) >= 11 is 0. The van der Waals surface area contributed by atoms with E-state index in [1.54, 1.807) is 0 Å². The summed E-state index contributed by atoms with van der Waals surface area (Å²) in [5, 5.41) is 0. The fourth-order valence-corrected chi connectivity index (χ4v) is 9.03. The van der Waals surface area contributed by atoms with Crippen molar-refractivity contribution in [2.75, 3.05) is 6.61 Å². The maximum Gasteiger partial charge on any atom is 0.303 e. The molecule has 6 heteroatoms. The highest BCUT2D eigenvalue weighted by Crippen LogP contribution is 2.67. The monoisotopic (exact) mass is 502 g/mol. The average Bonchev–Trinajstić information content (AvgIpc) is 3.14. The summed E-state index contributed by atoms with van der Waals surface area (Å²) in [4.78, 5) is 35.0. The van der Waals surface area contributed by atoms with E-state index in [4.69, 9.17) is 14.2 Å². The number of esters is 3. The number of rotatable bonds is 7. The van der Waals surface area contributed by atoms with Gasteiger partial charge in [-0.2, -0.15) is 0 Å². The molecule has 3 fully saturated rings. The molecule has 9 atom stereocenters. The van der Waals surface area contributed by atoms with Gasteiger partial charge in [0.1, 0.15) is 12.2 Å². The Morgan fingerprint density at radius 3 is 2.33 bits per heavy atom. The molecule has 36 heavy (non-hydrogen) atoms. The van der Waals surface area contributed by atoms with Crippen LogP contribution in [-0.4, -0.2) is 36.7 Å². The second kappa shape index (κ2) is 10.5. The molecule has 202 valence electrons.